The zero-order valence-electron chi connectivity index (χ0n) is 8.78. The van der Waals surface area contributed by atoms with E-state index >= 15 is 0 Å². The van der Waals surface area contributed by atoms with E-state index in [4.69, 9.17) is 0 Å². The molecule has 17 heavy (non-hydrogen) atoms. The molecular weight excluding hydrogens is 258 g/mol. The van der Waals surface area contributed by atoms with Crippen LogP contribution < -0.4 is 0 Å². The summed E-state index contributed by atoms with van der Waals surface area (Å²) in [5.41, 5.74) is 0.822. The third kappa shape index (κ3) is 1.73. The van der Waals surface area contributed by atoms with Gasteiger partial charge in [0.25, 0.3) is 0 Å². The van der Waals surface area contributed by atoms with Crippen molar-refractivity contribution in [1.29, 1.82) is 0 Å². The number of thiazole rings is 2. The van der Waals surface area contributed by atoms with E-state index in [2.05, 4.69) is 14.7 Å². The van der Waals surface area contributed by atoms with Gasteiger partial charge in [-0.1, -0.05) is 11.3 Å². The molecule has 0 aliphatic heterocycles. The summed E-state index contributed by atoms with van der Waals surface area (Å²) in [6.45, 7) is 0. The normalized spacial score (nSPS) is 10.9. The highest BCUT2D eigenvalue weighted by Crippen LogP contribution is 2.25. The van der Waals surface area contributed by atoms with E-state index in [0.29, 0.717) is 4.88 Å². The van der Waals surface area contributed by atoms with E-state index < -0.39 is 0 Å². The summed E-state index contributed by atoms with van der Waals surface area (Å²) in [4.78, 5) is 21.2. The standard InChI is InChI=1S/C10H7N3O2S2/c1-15-9(14)7-5-13-4-6(12-10(13)17-7)8-11-2-3-16-8/h2-5H,1H3. The van der Waals surface area contributed by atoms with Crippen LogP contribution in [0.2, 0.25) is 0 Å². The number of esters is 1. The highest BCUT2D eigenvalue weighted by atomic mass is 32.1. The van der Waals surface area contributed by atoms with Gasteiger partial charge in [0.2, 0.25) is 0 Å². The van der Waals surface area contributed by atoms with Crippen LogP contribution in [0.15, 0.2) is 24.0 Å². The fourth-order valence-corrected chi connectivity index (χ4v) is 2.92. The summed E-state index contributed by atoms with van der Waals surface area (Å²) >= 11 is 2.84. The number of carbonyl (C=O) groups is 1. The van der Waals surface area contributed by atoms with Gasteiger partial charge in [0.05, 0.1) is 7.11 Å². The number of hydrogen-bond acceptors (Lipinski definition) is 6. The third-order valence-electron chi connectivity index (χ3n) is 2.19. The van der Waals surface area contributed by atoms with Gasteiger partial charge in [0, 0.05) is 24.0 Å². The van der Waals surface area contributed by atoms with E-state index in [0.717, 1.165) is 15.7 Å². The minimum Gasteiger partial charge on any atom is -0.465 e. The van der Waals surface area contributed by atoms with Crippen LogP contribution in [0.25, 0.3) is 15.7 Å². The molecule has 0 saturated carbocycles. The summed E-state index contributed by atoms with van der Waals surface area (Å²) in [6.07, 6.45) is 5.32. The van der Waals surface area contributed by atoms with E-state index in [1.165, 1.54) is 29.8 Å². The lowest BCUT2D eigenvalue weighted by atomic mass is 10.5. The maximum absolute atomic E-state index is 11.3. The molecule has 0 atom stereocenters. The van der Waals surface area contributed by atoms with Gasteiger partial charge in [-0.25, -0.2) is 14.8 Å². The molecule has 0 unspecified atom stereocenters. The van der Waals surface area contributed by atoms with Crippen LogP contribution in [0.4, 0.5) is 0 Å². The first kappa shape index (κ1) is 10.4. The second-order valence-electron chi connectivity index (χ2n) is 3.24. The summed E-state index contributed by atoms with van der Waals surface area (Å²) in [5.74, 6) is -0.337. The molecule has 0 aromatic carbocycles. The quantitative estimate of drug-likeness (QED) is 0.667. The smallest absolute Gasteiger partial charge is 0.349 e. The van der Waals surface area contributed by atoms with Gasteiger partial charge in [-0.2, -0.15) is 0 Å². The van der Waals surface area contributed by atoms with Crippen molar-refractivity contribution in [2.75, 3.05) is 7.11 Å². The van der Waals surface area contributed by atoms with Crippen molar-refractivity contribution in [3.05, 3.63) is 28.8 Å². The minimum absolute atomic E-state index is 0.337. The number of nitrogens with zero attached hydrogens (tertiary/aromatic N) is 3. The Bertz CT molecular complexity index is 637. The lowest BCUT2D eigenvalue weighted by Crippen LogP contribution is -1.97. The highest BCUT2D eigenvalue weighted by molar-refractivity contribution is 7.18. The van der Waals surface area contributed by atoms with E-state index in [1.54, 1.807) is 12.4 Å². The third-order valence-corrected chi connectivity index (χ3v) is 3.97. The minimum atomic E-state index is -0.337. The van der Waals surface area contributed by atoms with Crippen LogP contribution in [0, 0.1) is 0 Å². The van der Waals surface area contributed by atoms with E-state index in [-0.39, 0.29) is 5.97 Å². The van der Waals surface area contributed by atoms with Crippen molar-refractivity contribution in [3.8, 4) is 10.7 Å². The Balaban J connectivity index is 2.05. The average molecular weight is 265 g/mol. The average Bonchev–Trinajstić information content (AvgIpc) is 3.01. The number of ether oxygens (including phenoxy) is 1. The second kappa shape index (κ2) is 3.94. The molecule has 3 aromatic heterocycles. The maximum Gasteiger partial charge on any atom is 0.349 e. The molecule has 5 nitrogen and oxygen atoms in total. The number of methoxy groups -OCH3 is 1. The van der Waals surface area contributed by atoms with Crippen LogP contribution in [-0.2, 0) is 4.74 Å². The number of aromatic nitrogens is 3. The van der Waals surface area contributed by atoms with Gasteiger partial charge >= 0.3 is 5.97 Å². The van der Waals surface area contributed by atoms with E-state index in [9.17, 15) is 4.79 Å². The van der Waals surface area contributed by atoms with Crippen molar-refractivity contribution in [3.63, 3.8) is 0 Å². The molecule has 3 rings (SSSR count). The number of rotatable bonds is 2. The van der Waals surface area contributed by atoms with Crippen molar-refractivity contribution in [1.82, 2.24) is 14.4 Å². The van der Waals surface area contributed by atoms with Gasteiger partial charge in [-0.05, 0) is 0 Å². The molecule has 0 bridgehead atoms. The Kier molecular flexibility index (Phi) is 2.41. The molecule has 86 valence electrons. The first-order valence-corrected chi connectivity index (χ1v) is 6.44. The number of hydrogen-bond donors (Lipinski definition) is 0. The van der Waals surface area contributed by atoms with Crippen molar-refractivity contribution < 1.29 is 9.53 Å². The molecule has 0 radical (unpaired) electrons. The Morgan fingerprint density at radius 2 is 2.35 bits per heavy atom. The molecule has 0 saturated heterocycles. The van der Waals surface area contributed by atoms with Gasteiger partial charge in [-0.15, -0.1) is 11.3 Å². The first-order valence-electron chi connectivity index (χ1n) is 4.74. The van der Waals surface area contributed by atoms with Crippen molar-refractivity contribution >= 4 is 33.6 Å². The Labute approximate surface area is 104 Å². The first-order chi connectivity index (χ1) is 8.28. The van der Waals surface area contributed by atoms with Crippen molar-refractivity contribution in [2.24, 2.45) is 0 Å². The van der Waals surface area contributed by atoms with Gasteiger partial charge in [0.15, 0.2) is 4.96 Å². The fraction of sp³-hybridized carbons (Fsp3) is 0.100. The predicted molar refractivity (Wildman–Crippen MR) is 65.5 cm³/mol. The molecule has 0 spiro atoms. The SMILES string of the molecule is COC(=O)c1cn2cc(-c3nccs3)nc2s1. The monoisotopic (exact) mass is 265 g/mol. The second-order valence-corrected chi connectivity index (χ2v) is 5.14. The Morgan fingerprint density at radius 1 is 1.47 bits per heavy atom. The number of fused-ring (bicyclic) bond motifs is 1. The van der Waals surface area contributed by atoms with Crippen LogP contribution in [0.5, 0.6) is 0 Å². The van der Waals surface area contributed by atoms with Crippen LogP contribution in [0.3, 0.4) is 0 Å². The fourth-order valence-electron chi connectivity index (χ4n) is 1.44. The van der Waals surface area contributed by atoms with Crippen LogP contribution in [0.1, 0.15) is 9.67 Å². The molecular formula is C10H7N3O2S2. The molecule has 0 aliphatic rings. The van der Waals surface area contributed by atoms with E-state index in [1.807, 2.05) is 16.0 Å². The molecule has 7 heteroatoms. The Morgan fingerprint density at radius 3 is 3.00 bits per heavy atom. The summed E-state index contributed by atoms with van der Waals surface area (Å²) in [5, 5.41) is 2.78. The Hall–Kier alpha value is -1.73. The highest BCUT2D eigenvalue weighted by Gasteiger charge is 2.14. The molecule has 0 aliphatic carbocycles. The molecule has 0 fully saturated rings. The molecule has 0 amide bonds. The summed E-state index contributed by atoms with van der Waals surface area (Å²) in [7, 11) is 1.37. The molecule has 3 heterocycles. The summed E-state index contributed by atoms with van der Waals surface area (Å²) < 4.78 is 6.47. The zero-order valence-corrected chi connectivity index (χ0v) is 10.4. The van der Waals surface area contributed by atoms with Crippen molar-refractivity contribution in [2.45, 2.75) is 0 Å². The predicted octanol–water partition coefficient (Wildman–Crippen LogP) is 2.31. The van der Waals surface area contributed by atoms with Gasteiger partial charge in [0.1, 0.15) is 15.6 Å². The lowest BCUT2D eigenvalue weighted by Gasteiger charge is -1.90. The largest absolute Gasteiger partial charge is 0.465 e. The summed E-state index contributed by atoms with van der Waals surface area (Å²) in [6, 6.07) is 0. The molecule has 0 N–H and O–H groups in total. The number of carbonyl (C=O) groups excluding carboxylic acids is 1. The molecule has 3 aromatic rings. The lowest BCUT2D eigenvalue weighted by molar-refractivity contribution is 0.0606. The van der Waals surface area contributed by atoms with Gasteiger partial charge < -0.3 is 4.74 Å². The van der Waals surface area contributed by atoms with Crippen LogP contribution in [-0.4, -0.2) is 27.4 Å². The maximum atomic E-state index is 11.3. The number of imidazole rings is 1. The topological polar surface area (TPSA) is 56.5 Å². The van der Waals surface area contributed by atoms with Gasteiger partial charge in [-0.3, -0.25) is 4.40 Å². The zero-order chi connectivity index (χ0) is 11.8. The van der Waals surface area contributed by atoms with Crippen LogP contribution >= 0.6 is 22.7 Å².